The van der Waals surface area contributed by atoms with Gasteiger partial charge in [-0.3, -0.25) is 4.79 Å². The number of carboxylic acids is 1. The van der Waals surface area contributed by atoms with Gasteiger partial charge in [0.2, 0.25) is 0 Å². The molecular weight excluding hydrogens is 384 g/mol. The van der Waals surface area contributed by atoms with Gasteiger partial charge < -0.3 is 25.6 Å². The number of hydrogen-bond donors (Lipinski definition) is 3. The monoisotopic (exact) mass is 410 g/mol. The van der Waals surface area contributed by atoms with Crippen LogP contribution in [0.3, 0.4) is 0 Å². The molecular formula is C22H26N4O4. The van der Waals surface area contributed by atoms with Crippen LogP contribution in [0.15, 0.2) is 54.6 Å². The van der Waals surface area contributed by atoms with E-state index >= 15 is 0 Å². The molecule has 8 heteroatoms. The quantitative estimate of drug-likeness (QED) is 0.506. The van der Waals surface area contributed by atoms with Crippen molar-refractivity contribution < 1.29 is 19.4 Å². The van der Waals surface area contributed by atoms with E-state index in [0.29, 0.717) is 17.5 Å². The van der Waals surface area contributed by atoms with E-state index in [4.69, 9.17) is 25.1 Å². The highest BCUT2D eigenvalue weighted by molar-refractivity contribution is 5.66. The molecule has 158 valence electrons. The number of nitrogens with zero attached hydrogens (tertiary/aromatic N) is 2. The fourth-order valence-corrected chi connectivity index (χ4v) is 2.58. The van der Waals surface area contributed by atoms with Gasteiger partial charge in [-0.2, -0.15) is 9.97 Å². The molecule has 0 spiro atoms. The molecule has 0 saturated carbocycles. The van der Waals surface area contributed by atoms with Gasteiger partial charge in [0.25, 0.3) is 5.97 Å². The van der Waals surface area contributed by atoms with Gasteiger partial charge in [0.15, 0.2) is 0 Å². The van der Waals surface area contributed by atoms with Crippen LogP contribution in [-0.4, -0.2) is 41.8 Å². The molecule has 2 aromatic carbocycles. The lowest BCUT2D eigenvalue weighted by atomic mass is 10.1. The van der Waals surface area contributed by atoms with E-state index in [1.54, 1.807) is 14.2 Å². The molecule has 0 amide bonds. The van der Waals surface area contributed by atoms with E-state index in [9.17, 15) is 0 Å². The van der Waals surface area contributed by atoms with Crippen LogP contribution < -0.4 is 20.5 Å². The molecule has 0 saturated heterocycles. The zero-order valence-corrected chi connectivity index (χ0v) is 17.3. The standard InChI is InChI=1S/C20H22N4O2.C2H4O2/c1-25-17-8-6-14(7-9-17)10-11-22-19-13-18(23-20(24-19)26-2)15-4-3-5-16(21)12-15;1-2(3)4/h3-9,12-13H,10-11,21H2,1-2H3,(H,22,23,24);1H3,(H,3,4). The molecule has 0 atom stereocenters. The van der Waals surface area contributed by atoms with Crippen molar-refractivity contribution in [3.8, 4) is 23.0 Å². The Hall–Kier alpha value is -3.81. The minimum atomic E-state index is -0.833. The van der Waals surface area contributed by atoms with Crippen LogP contribution in [0.5, 0.6) is 11.8 Å². The average Bonchev–Trinajstić information content (AvgIpc) is 2.73. The van der Waals surface area contributed by atoms with Crippen LogP contribution >= 0.6 is 0 Å². The molecule has 1 heterocycles. The van der Waals surface area contributed by atoms with Crippen LogP contribution in [0.4, 0.5) is 11.5 Å². The van der Waals surface area contributed by atoms with Crippen molar-refractivity contribution in [2.75, 3.05) is 31.8 Å². The molecule has 0 aliphatic rings. The summed E-state index contributed by atoms with van der Waals surface area (Å²) in [5, 5.41) is 10.7. The largest absolute Gasteiger partial charge is 0.497 e. The van der Waals surface area contributed by atoms with E-state index in [1.807, 2.05) is 42.5 Å². The lowest BCUT2D eigenvalue weighted by Crippen LogP contribution is -2.08. The van der Waals surface area contributed by atoms with Crippen LogP contribution in [-0.2, 0) is 11.2 Å². The molecule has 0 unspecified atom stereocenters. The fourth-order valence-electron chi connectivity index (χ4n) is 2.58. The molecule has 3 rings (SSSR count). The van der Waals surface area contributed by atoms with Gasteiger partial charge in [0, 0.05) is 30.8 Å². The number of rotatable bonds is 7. The third-order valence-corrected chi connectivity index (χ3v) is 3.95. The molecule has 0 bridgehead atoms. The highest BCUT2D eigenvalue weighted by Crippen LogP contribution is 2.24. The van der Waals surface area contributed by atoms with E-state index in [1.165, 1.54) is 5.56 Å². The second-order valence-electron chi connectivity index (χ2n) is 6.29. The summed E-state index contributed by atoms with van der Waals surface area (Å²) in [7, 11) is 3.22. The van der Waals surface area contributed by atoms with Crippen LogP contribution in [0.1, 0.15) is 12.5 Å². The van der Waals surface area contributed by atoms with Crippen molar-refractivity contribution in [3.63, 3.8) is 0 Å². The smallest absolute Gasteiger partial charge is 0.318 e. The number of ether oxygens (including phenoxy) is 2. The molecule has 0 radical (unpaired) electrons. The van der Waals surface area contributed by atoms with E-state index < -0.39 is 5.97 Å². The number of benzene rings is 2. The maximum Gasteiger partial charge on any atom is 0.318 e. The number of nitrogens with one attached hydrogen (secondary N) is 1. The number of aliphatic carboxylic acids is 1. The van der Waals surface area contributed by atoms with Crippen LogP contribution in [0, 0.1) is 0 Å². The van der Waals surface area contributed by atoms with Crippen molar-refractivity contribution in [2.24, 2.45) is 0 Å². The summed E-state index contributed by atoms with van der Waals surface area (Å²) in [6.07, 6.45) is 0.865. The number of anilines is 2. The lowest BCUT2D eigenvalue weighted by Gasteiger charge is -2.10. The second kappa shape index (κ2) is 11.3. The topological polar surface area (TPSA) is 120 Å². The van der Waals surface area contributed by atoms with Gasteiger partial charge in [-0.15, -0.1) is 0 Å². The van der Waals surface area contributed by atoms with Crippen LogP contribution in [0.25, 0.3) is 11.3 Å². The predicted molar refractivity (Wildman–Crippen MR) is 117 cm³/mol. The number of methoxy groups -OCH3 is 2. The first kappa shape index (κ1) is 22.5. The van der Waals surface area contributed by atoms with Gasteiger partial charge in [0.05, 0.1) is 19.9 Å². The summed E-state index contributed by atoms with van der Waals surface area (Å²) in [5.41, 5.74) is 9.46. The highest BCUT2D eigenvalue weighted by Gasteiger charge is 2.07. The van der Waals surface area contributed by atoms with Gasteiger partial charge in [-0.25, -0.2) is 0 Å². The zero-order chi connectivity index (χ0) is 21.9. The number of nitrogen functional groups attached to an aromatic ring is 1. The van der Waals surface area contributed by atoms with Crippen molar-refractivity contribution in [1.82, 2.24) is 9.97 Å². The van der Waals surface area contributed by atoms with E-state index in [2.05, 4.69) is 27.4 Å². The summed E-state index contributed by atoms with van der Waals surface area (Å²) in [6.45, 7) is 1.82. The summed E-state index contributed by atoms with van der Waals surface area (Å²) >= 11 is 0. The number of nitrogens with two attached hydrogens (primary N) is 1. The first-order valence-corrected chi connectivity index (χ1v) is 9.26. The predicted octanol–water partition coefficient (Wildman–Crippen LogP) is 3.49. The van der Waals surface area contributed by atoms with E-state index in [0.717, 1.165) is 36.9 Å². The number of hydrogen-bond acceptors (Lipinski definition) is 7. The van der Waals surface area contributed by atoms with Crippen molar-refractivity contribution in [2.45, 2.75) is 13.3 Å². The molecule has 30 heavy (non-hydrogen) atoms. The maximum atomic E-state index is 9.00. The Labute approximate surface area is 175 Å². The Balaban J connectivity index is 0.000000735. The Bertz CT molecular complexity index is 958. The van der Waals surface area contributed by atoms with Gasteiger partial charge >= 0.3 is 6.01 Å². The number of carbonyl (C=O) groups is 1. The highest BCUT2D eigenvalue weighted by atomic mass is 16.5. The Morgan fingerprint density at radius 1 is 1.07 bits per heavy atom. The van der Waals surface area contributed by atoms with Gasteiger partial charge in [-0.05, 0) is 36.2 Å². The summed E-state index contributed by atoms with van der Waals surface area (Å²) in [4.78, 5) is 17.8. The Morgan fingerprint density at radius 2 is 1.77 bits per heavy atom. The van der Waals surface area contributed by atoms with Crippen LogP contribution in [0.2, 0.25) is 0 Å². The molecule has 0 aliphatic heterocycles. The Morgan fingerprint density at radius 3 is 2.37 bits per heavy atom. The average molecular weight is 410 g/mol. The van der Waals surface area contributed by atoms with Gasteiger partial charge in [-0.1, -0.05) is 24.3 Å². The molecule has 0 fully saturated rings. The molecule has 3 aromatic rings. The Kier molecular flexibility index (Phi) is 8.43. The molecule has 4 N–H and O–H groups in total. The number of aromatic nitrogens is 2. The maximum absolute atomic E-state index is 9.00. The minimum Gasteiger partial charge on any atom is -0.497 e. The minimum absolute atomic E-state index is 0.317. The molecule has 0 aliphatic carbocycles. The number of carboxylic acid groups (broad SMARTS) is 1. The second-order valence-corrected chi connectivity index (χ2v) is 6.29. The fraction of sp³-hybridized carbons (Fsp3) is 0.227. The van der Waals surface area contributed by atoms with Crippen molar-refractivity contribution in [3.05, 3.63) is 60.2 Å². The zero-order valence-electron chi connectivity index (χ0n) is 17.3. The first-order valence-electron chi connectivity index (χ1n) is 9.26. The summed E-state index contributed by atoms with van der Waals surface area (Å²) < 4.78 is 10.4. The van der Waals surface area contributed by atoms with Crippen molar-refractivity contribution >= 4 is 17.5 Å². The SMILES string of the molecule is CC(=O)O.COc1ccc(CCNc2cc(-c3cccc(N)c3)nc(OC)n2)cc1. The molecule has 1 aromatic heterocycles. The summed E-state index contributed by atoms with van der Waals surface area (Å²) in [5.74, 6) is 0.733. The first-order chi connectivity index (χ1) is 14.4. The normalized spacial score (nSPS) is 9.83. The third kappa shape index (κ3) is 7.31. The third-order valence-electron chi connectivity index (χ3n) is 3.95. The van der Waals surface area contributed by atoms with E-state index in [-0.39, 0.29) is 0 Å². The van der Waals surface area contributed by atoms with Gasteiger partial charge in [0.1, 0.15) is 11.6 Å². The lowest BCUT2D eigenvalue weighted by molar-refractivity contribution is -0.134. The summed E-state index contributed by atoms with van der Waals surface area (Å²) in [6, 6.07) is 17.8. The molecule has 8 nitrogen and oxygen atoms in total. The van der Waals surface area contributed by atoms with Crippen molar-refractivity contribution in [1.29, 1.82) is 0 Å².